The minimum absolute atomic E-state index is 0.229. The third-order valence-electron chi connectivity index (χ3n) is 5.41. The summed E-state index contributed by atoms with van der Waals surface area (Å²) in [6.07, 6.45) is 5.23. The number of aromatic nitrogens is 3. The molecule has 0 aliphatic carbocycles. The first-order valence-electron chi connectivity index (χ1n) is 10.6. The van der Waals surface area contributed by atoms with Crippen LogP contribution in [0.15, 0.2) is 73.2 Å². The Kier molecular flexibility index (Phi) is 6.23. The molecular weight excluding hydrogens is 410 g/mol. The molecule has 0 fully saturated rings. The summed E-state index contributed by atoms with van der Waals surface area (Å²) in [7, 11) is 0. The van der Waals surface area contributed by atoms with E-state index in [0.29, 0.717) is 17.0 Å². The van der Waals surface area contributed by atoms with Crippen LogP contribution in [-0.4, -0.2) is 20.9 Å². The predicted octanol–water partition coefficient (Wildman–Crippen LogP) is 5.19. The number of carbonyl (C=O) groups is 1. The molecule has 0 unspecified atom stereocenters. The summed E-state index contributed by atoms with van der Waals surface area (Å²) in [5, 5.41) is 12.6. The lowest BCUT2D eigenvalue weighted by Crippen LogP contribution is -2.27. The van der Waals surface area contributed by atoms with Gasteiger partial charge in [0.15, 0.2) is 0 Å². The first kappa shape index (κ1) is 21.8. The lowest BCUT2D eigenvalue weighted by molar-refractivity contribution is 0.0940. The molecule has 4 rings (SSSR count). The van der Waals surface area contributed by atoms with Gasteiger partial charge < -0.3 is 5.32 Å². The monoisotopic (exact) mass is 433 g/mol. The summed E-state index contributed by atoms with van der Waals surface area (Å²) < 4.78 is 0. The van der Waals surface area contributed by atoms with Crippen molar-refractivity contribution in [1.82, 2.24) is 20.3 Å². The molecule has 4 aromatic rings. The van der Waals surface area contributed by atoms with Gasteiger partial charge in [0, 0.05) is 35.3 Å². The summed E-state index contributed by atoms with van der Waals surface area (Å²) in [6.45, 7) is 5.69. The number of nitrogens with zero attached hydrogens (tertiary/aromatic N) is 4. The van der Waals surface area contributed by atoms with Crippen LogP contribution in [0.25, 0.3) is 22.4 Å². The molecule has 162 valence electrons. The van der Waals surface area contributed by atoms with Gasteiger partial charge in [-0.15, -0.1) is 0 Å². The molecule has 0 radical (unpaired) electrons. The van der Waals surface area contributed by atoms with E-state index in [1.54, 1.807) is 24.7 Å². The van der Waals surface area contributed by atoms with Crippen molar-refractivity contribution < 1.29 is 4.79 Å². The van der Waals surface area contributed by atoms with E-state index in [9.17, 15) is 10.1 Å². The topological polar surface area (TPSA) is 91.6 Å². The molecule has 1 amide bonds. The molecule has 0 aliphatic heterocycles. The molecule has 0 bridgehead atoms. The van der Waals surface area contributed by atoms with E-state index >= 15 is 0 Å². The number of pyridine rings is 1. The number of hydrogen-bond donors (Lipinski definition) is 1. The highest BCUT2D eigenvalue weighted by Gasteiger charge is 2.16. The highest BCUT2D eigenvalue weighted by molar-refractivity contribution is 5.97. The van der Waals surface area contributed by atoms with Crippen LogP contribution in [0.4, 0.5) is 0 Å². The fourth-order valence-corrected chi connectivity index (χ4v) is 3.52. The maximum absolute atomic E-state index is 13.2. The third kappa shape index (κ3) is 4.94. The lowest BCUT2D eigenvalue weighted by atomic mass is 9.95. The van der Waals surface area contributed by atoms with Crippen LogP contribution in [0, 0.1) is 25.2 Å². The van der Waals surface area contributed by atoms with Gasteiger partial charge in [-0.1, -0.05) is 24.3 Å². The van der Waals surface area contributed by atoms with Gasteiger partial charge in [0.2, 0.25) is 0 Å². The van der Waals surface area contributed by atoms with Gasteiger partial charge in [0.1, 0.15) is 5.82 Å². The van der Waals surface area contributed by atoms with Gasteiger partial charge in [-0.2, -0.15) is 5.26 Å². The van der Waals surface area contributed by atoms with E-state index in [-0.39, 0.29) is 11.9 Å². The van der Waals surface area contributed by atoms with Crippen molar-refractivity contribution in [3.05, 3.63) is 101 Å². The molecule has 0 saturated heterocycles. The van der Waals surface area contributed by atoms with Crippen molar-refractivity contribution in [2.24, 2.45) is 0 Å². The van der Waals surface area contributed by atoms with Gasteiger partial charge >= 0.3 is 0 Å². The second kappa shape index (κ2) is 9.41. The molecular formula is C27H23N5O. The number of carbonyl (C=O) groups excluding carboxylic acids is 1. The second-order valence-corrected chi connectivity index (χ2v) is 7.94. The van der Waals surface area contributed by atoms with Gasteiger partial charge in [-0.05, 0) is 67.8 Å². The normalized spacial score (nSPS) is 11.5. The molecule has 2 heterocycles. The fraction of sp³-hybridized carbons (Fsp3) is 0.148. The van der Waals surface area contributed by atoms with Crippen molar-refractivity contribution in [2.75, 3.05) is 0 Å². The molecule has 1 N–H and O–H groups in total. The molecule has 6 heteroatoms. The number of hydrogen-bond acceptors (Lipinski definition) is 5. The summed E-state index contributed by atoms with van der Waals surface area (Å²) >= 11 is 0. The van der Waals surface area contributed by atoms with Crippen LogP contribution in [0.3, 0.4) is 0 Å². The van der Waals surface area contributed by atoms with Crippen LogP contribution in [0.1, 0.15) is 45.8 Å². The van der Waals surface area contributed by atoms with E-state index in [2.05, 4.69) is 26.3 Å². The number of aryl methyl sites for hydroxylation is 2. The fourth-order valence-electron chi connectivity index (χ4n) is 3.52. The summed E-state index contributed by atoms with van der Waals surface area (Å²) in [4.78, 5) is 26.2. The molecule has 1 atom stereocenters. The van der Waals surface area contributed by atoms with E-state index in [4.69, 9.17) is 0 Å². The first-order chi connectivity index (χ1) is 15.9. The number of rotatable bonds is 5. The van der Waals surface area contributed by atoms with Crippen molar-refractivity contribution in [3.63, 3.8) is 0 Å². The Morgan fingerprint density at radius 3 is 2.36 bits per heavy atom. The first-order valence-corrected chi connectivity index (χ1v) is 10.6. The zero-order chi connectivity index (χ0) is 23.4. The molecule has 0 saturated carbocycles. The van der Waals surface area contributed by atoms with Crippen LogP contribution in [0.5, 0.6) is 0 Å². The van der Waals surface area contributed by atoms with E-state index in [1.165, 1.54) is 0 Å². The Balaban J connectivity index is 1.75. The van der Waals surface area contributed by atoms with E-state index in [1.807, 2.05) is 69.3 Å². The number of nitriles is 1. The van der Waals surface area contributed by atoms with E-state index < -0.39 is 0 Å². The largest absolute Gasteiger partial charge is 0.345 e. The highest BCUT2D eigenvalue weighted by Crippen LogP contribution is 2.30. The number of nitrogens with one attached hydrogen (secondary N) is 1. The maximum Gasteiger partial charge on any atom is 0.251 e. The minimum atomic E-state index is -0.269. The quantitative estimate of drug-likeness (QED) is 0.468. The van der Waals surface area contributed by atoms with E-state index in [0.717, 1.165) is 33.5 Å². The van der Waals surface area contributed by atoms with Crippen LogP contribution >= 0.6 is 0 Å². The summed E-state index contributed by atoms with van der Waals surface area (Å²) in [5.41, 5.74) is 6.01. The number of amides is 1. The van der Waals surface area contributed by atoms with Crippen LogP contribution < -0.4 is 5.32 Å². The molecule has 2 aromatic carbocycles. The molecule has 0 aliphatic rings. The molecule has 0 spiro atoms. The van der Waals surface area contributed by atoms with Crippen molar-refractivity contribution >= 4 is 5.91 Å². The van der Waals surface area contributed by atoms with Gasteiger partial charge in [-0.3, -0.25) is 9.78 Å². The molecule has 33 heavy (non-hydrogen) atoms. The predicted molar refractivity (Wildman–Crippen MR) is 127 cm³/mol. The van der Waals surface area contributed by atoms with Gasteiger partial charge in [0.05, 0.1) is 23.4 Å². The number of benzene rings is 2. The van der Waals surface area contributed by atoms with Crippen molar-refractivity contribution in [2.45, 2.75) is 26.8 Å². The highest BCUT2D eigenvalue weighted by atomic mass is 16.1. The Hall–Kier alpha value is -4.37. The Morgan fingerprint density at radius 2 is 1.67 bits per heavy atom. The second-order valence-electron chi connectivity index (χ2n) is 7.94. The van der Waals surface area contributed by atoms with Crippen LogP contribution in [-0.2, 0) is 0 Å². The standard InChI is InChI=1S/C27H23N5O/c1-17-8-9-26(31-14-17)22-10-21(25-7-5-4-6-20(25)13-28)11-23(12-22)27(33)32-18(2)24-15-29-19(3)30-16-24/h4-12,14-16,18H,1-3H3,(H,32,33)/t18-/m1/s1. The molecule has 2 aromatic heterocycles. The Morgan fingerprint density at radius 1 is 0.939 bits per heavy atom. The lowest BCUT2D eigenvalue weighted by Gasteiger charge is -2.16. The average Bonchev–Trinajstić information content (AvgIpc) is 2.84. The van der Waals surface area contributed by atoms with Crippen LogP contribution in [0.2, 0.25) is 0 Å². The SMILES string of the molecule is Cc1ccc(-c2cc(C(=O)N[C@H](C)c3cnc(C)nc3)cc(-c3ccccc3C#N)c2)nc1. The Labute approximate surface area is 193 Å². The van der Waals surface area contributed by atoms with Crippen molar-refractivity contribution in [3.8, 4) is 28.5 Å². The average molecular weight is 434 g/mol. The maximum atomic E-state index is 13.2. The minimum Gasteiger partial charge on any atom is -0.345 e. The van der Waals surface area contributed by atoms with Crippen molar-refractivity contribution in [1.29, 1.82) is 5.26 Å². The summed E-state index contributed by atoms with van der Waals surface area (Å²) in [5.74, 6) is 0.448. The summed E-state index contributed by atoms with van der Waals surface area (Å²) in [6, 6.07) is 18.8. The molecule has 6 nitrogen and oxygen atoms in total. The Bertz CT molecular complexity index is 1340. The third-order valence-corrected chi connectivity index (χ3v) is 5.41. The zero-order valence-corrected chi connectivity index (χ0v) is 18.7. The zero-order valence-electron chi connectivity index (χ0n) is 18.7. The van der Waals surface area contributed by atoms with Gasteiger partial charge in [-0.25, -0.2) is 9.97 Å². The smallest absolute Gasteiger partial charge is 0.251 e. The van der Waals surface area contributed by atoms with Gasteiger partial charge in [0.25, 0.3) is 5.91 Å².